The van der Waals surface area contributed by atoms with Crippen molar-refractivity contribution in [3.8, 4) is 5.75 Å². The summed E-state index contributed by atoms with van der Waals surface area (Å²) < 4.78 is 14.1. The van der Waals surface area contributed by atoms with E-state index in [-0.39, 0.29) is 11.6 Å². The maximum atomic E-state index is 12.3. The van der Waals surface area contributed by atoms with Crippen molar-refractivity contribution in [1.82, 2.24) is 0 Å². The molecule has 156 valence electrons. The third-order valence-corrected chi connectivity index (χ3v) is 6.85. The summed E-state index contributed by atoms with van der Waals surface area (Å²) in [6, 6.07) is 19.0. The van der Waals surface area contributed by atoms with Crippen LogP contribution in [0.4, 0.5) is 0 Å². The van der Waals surface area contributed by atoms with E-state index in [1.165, 1.54) is 0 Å². The third kappa shape index (κ3) is 5.50. The summed E-state index contributed by atoms with van der Waals surface area (Å²) in [5, 5.41) is 0.679. The minimum Gasteiger partial charge on any atom is -0.487 e. The predicted molar refractivity (Wildman–Crippen MR) is 142 cm³/mol. The minimum absolute atomic E-state index is 0.255. The summed E-state index contributed by atoms with van der Waals surface area (Å²) in [7, 11) is 0. The Labute approximate surface area is 220 Å². The van der Waals surface area contributed by atoms with Crippen LogP contribution in [0.5, 0.6) is 5.75 Å². The van der Waals surface area contributed by atoms with Gasteiger partial charge in [0.2, 0.25) is 5.90 Å². The van der Waals surface area contributed by atoms with E-state index in [0.717, 1.165) is 34.1 Å². The summed E-state index contributed by atoms with van der Waals surface area (Å²) in [4.78, 5) is 16.7. The van der Waals surface area contributed by atoms with Crippen molar-refractivity contribution in [3.63, 3.8) is 0 Å². The van der Waals surface area contributed by atoms with Crippen LogP contribution in [0, 0.1) is 7.14 Å². The molecule has 0 saturated heterocycles. The van der Waals surface area contributed by atoms with Crippen LogP contribution in [0.2, 0.25) is 5.02 Å². The van der Waals surface area contributed by atoms with Gasteiger partial charge in [0.05, 0.1) is 12.7 Å². The number of carbonyl (C=O) groups excluding carboxylic acids is 1. The topological polar surface area (TPSA) is 47.9 Å². The van der Waals surface area contributed by atoms with Gasteiger partial charge in [-0.3, -0.25) is 0 Å². The lowest BCUT2D eigenvalue weighted by Crippen LogP contribution is -2.05. The molecule has 0 N–H and O–H groups in total. The maximum absolute atomic E-state index is 12.3. The van der Waals surface area contributed by atoms with Gasteiger partial charge in [-0.2, -0.15) is 0 Å². The van der Waals surface area contributed by atoms with Gasteiger partial charge in [-0.15, -0.1) is 0 Å². The lowest BCUT2D eigenvalue weighted by atomic mass is 10.2. The van der Waals surface area contributed by atoms with Crippen LogP contribution < -0.4 is 4.74 Å². The fraction of sp³-hybridized carbons (Fsp3) is 0.0435. The molecule has 0 amide bonds. The zero-order valence-electron chi connectivity index (χ0n) is 15.7. The molecule has 8 heteroatoms. The van der Waals surface area contributed by atoms with Crippen LogP contribution in [0.1, 0.15) is 16.7 Å². The molecule has 0 bridgehead atoms. The van der Waals surface area contributed by atoms with Gasteiger partial charge >= 0.3 is 5.97 Å². The lowest BCUT2D eigenvalue weighted by Gasteiger charge is -2.12. The molecule has 0 radical (unpaired) electrons. The highest BCUT2D eigenvalue weighted by Crippen LogP contribution is 2.31. The van der Waals surface area contributed by atoms with E-state index < -0.39 is 5.97 Å². The quantitative estimate of drug-likeness (QED) is 0.159. The van der Waals surface area contributed by atoms with E-state index in [0.29, 0.717) is 11.6 Å². The van der Waals surface area contributed by atoms with Gasteiger partial charge in [-0.25, -0.2) is 9.79 Å². The number of cyclic esters (lactones) is 1. The number of ether oxygens (including phenoxy) is 2. The average molecular weight is 721 g/mol. The molecule has 0 spiro atoms. The minimum atomic E-state index is -0.475. The number of carbonyl (C=O) groups is 1. The smallest absolute Gasteiger partial charge is 0.363 e. The summed E-state index contributed by atoms with van der Waals surface area (Å²) >= 11 is 14.0. The van der Waals surface area contributed by atoms with E-state index in [1.807, 2.05) is 60.7 Å². The predicted octanol–water partition coefficient (Wildman–Crippen LogP) is 7.24. The average Bonchev–Trinajstić information content (AvgIpc) is 3.08. The van der Waals surface area contributed by atoms with Gasteiger partial charge in [0.1, 0.15) is 12.4 Å². The first-order valence-electron chi connectivity index (χ1n) is 9.04. The Hall–Kier alpha value is -1.43. The fourth-order valence-corrected chi connectivity index (χ4v) is 5.69. The summed E-state index contributed by atoms with van der Waals surface area (Å²) in [5.74, 6) is 0.598. The molecular weight excluding hydrogens is 707 g/mol. The number of hydrogen-bond acceptors (Lipinski definition) is 4. The maximum Gasteiger partial charge on any atom is 0.363 e. The fourth-order valence-electron chi connectivity index (χ4n) is 2.90. The molecule has 0 saturated carbocycles. The molecule has 0 fully saturated rings. The number of hydrogen-bond donors (Lipinski definition) is 0. The molecule has 0 aliphatic carbocycles. The second-order valence-electron chi connectivity index (χ2n) is 6.55. The monoisotopic (exact) mass is 719 g/mol. The van der Waals surface area contributed by atoms with Crippen molar-refractivity contribution in [2.75, 3.05) is 0 Å². The van der Waals surface area contributed by atoms with Crippen molar-refractivity contribution >= 4 is 90.7 Å². The van der Waals surface area contributed by atoms with Crippen molar-refractivity contribution in [3.05, 3.63) is 99.7 Å². The van der Waals surface area contributed by atoms with Gasteiger partial charge in [0.25, 0.3) is 0 Å². The van der Waals surface area contributed by atoms with Crippen LogP contribution in [0.15, 0.2) is 75.8 Å². The molecule has 1 aliphatic rings. The molecule has 0 aromatic heterocycles. The highest BCUT2D eigenvalue weighted by Gasteiger charge is 2.25. The summed E-state index contributed by atoms with van der Waals surface area (Å²) in [6.07, 6.45) is 1.72. The van der Waals surface area contributed by atoms with E-state index in [9.17, 15) is 4.79 Å². The molecule has 0 unspecified atom stereocenters. The van der Waals surface area contributed by atoms with E-state index in [2.05, 4.69) is 66.1 Å². The SMILES string of the molecule is O=C1OC(c2ccccc2Br)=NC1=Cc1cc(I)c(OCc2cccc(Cl)c2)c(I)c1. The van der Waals surface area contributed by atoms with E-state index in [1.54, 1.807) is 6.08 Å². The highest BCUT2D eigenvalue weighted by molar-refractivity contribution is 14.1. The summed E-state index contributed by atoms with van der Waals surface area (Å²) in [6.45, 7) is 0.416. The van der Waals surface area contributed by atoms with Crippen molar-refractivity contribution < 1.29 is 14.3 Å². The molecular formula is C23H13BrClI2NO3. The highest BCUT2D eigenvalue weighted by atomic mass is 127. The van der Waals surface area contributed by atoms with Gasteiger partial charge in [0, 0.05) is 9.50 Å². The first-order chi connectivity index (χ1) is 14.9. The Balaban J connectivity index is 1.57. The van der Waals surface area contributed by atoms with Gasteiger partial charge in [-0.05, 0) is 115 Å². The number of benzene rings is 3. The van der Waals surface area contributed by atoms with Gasteiger partial charge in [0.15, 0.2) is 5.70 Å². The molecule has 1 heterocycles. The lowest BCUT2D eigenvalue weighted by molar-refractivity contribution is -0.129. The first kappa shape index (κ1) is 22.8. The Bertz CT molecular complexity index is 1220. The normalized spacial score (nSPS) is 14.5. The molecule has 3 aromatic rings. The van der Waals surface area contributed by atoms with E-state index in [4.69, 9.17) is 21.1 Å². The molecule has 31 heavy (non-hydrogen) atoms. The van der Waals surface area contributed by atoms with Crippen molar-refractivity contribution in [2.24, 2.45) is 4.99 Å². The number of nitrogens with zero attached hydrogens (tertiary/aromatic N) is 1. The number of aliphatic imine (C=N–C) groups is 1. The number of rotatable bonds is 5. The zero-order chi connectivity index (χ0) is 22.0. The van der Waals surface area contributed by atoms with Crippen LogP contribution in [-0.2, 0) is 16.1 Å². The van der Waals surface area contributed by atoms with Crippen LogP contribution >= 0.6 is 72.7 Å². The molecule has 3 aromatic carbocycles. The van der Waals surface area contributed by atoms with Crippen molar-refractivity contribution in [1.29, 1.82) is 0 Å². The Morgan fingerprint density at radius 3 is 2.52 bits per heavy atom. The first-order valence-corrected chi connectivity index (χ1v) is 12.4. The van der Waals surface area contributed by atoms with Gasteiger partial charge in [-0.1, -0.05) is 35.9 Å². The second-order valence-corrected chi connectivity index (χ2v) is 10.2. The van der Waals surface area contributed by atoms with Gasteiger partial charge < -0.3 is 9.47 Å². The molecule has 0 atom stereocenters. The molecule has 4 rings (SSSR count). The summed E-state index contributed by atoms with van der Waals surface area (Å²) in [5.41, 5.74) is 2.82. The number of esters is 1. The molecule has 4 nitrogen and oxygen atoms in total. The Kier molecular flexibility index (Phi) is 7.35. The Morgan fingerprint density at radius 2 is 1.81 bits per heavy atom. The molecule has 1 aliphatic heterocycles. The Morgan fingerprint density at radius 1 is 1.06 bits per heavy atom. The number of halogens is 4. The van der Waals surface area contributed by atoms with Crippen molar-refractivity contribution in [2.45, 2.75) is 6.61 Å². The largest absolute Gasteiger partial charge is 0.487 e. The third-order valence-electron chi connectivity index (χ3n) is 4.32. The van der Waals surface area contributed by atoms with E-state index >= 15 is 0 Å². The van der Waals surface area contributed by atoms with Crippen LogP contribution in [-0.4, -0.2) is 11.9 Å². The van der Waals surface area contributed by atoms with Crippen LogP contribution in [0.3, 0.4) is 0 Å². The standard InChI is InChI=1S/C23H13BrClI2NO3/c24-17-7-2-1-6-16(17)22-28-20(23(29)31-22)11-14-9-18(26)21(19(27)10-14)30-12-13-4-3-5-15(25)8-13/h1-11H,12H2. The van der Waals surface area contributed by atoms with Crippen LogP contribution in [0.25, 0.3) is 6.08 Å². The zero-order valence-corrected chi connectivity index (χ0v) is 22.4. The second kappa shape index (κ2) is 10.0.